The maximum absolute atomic E-state index is 13.8. The van der Waals surface area contributed by atoms with Gasteiger partial charge in [0.25, 0.3) is 0 Å². The minimum Gasteiger partial charge on any atom is -0.378 e. The summed E-state index contributed by atoms with van der Waals surface area (Å²) in [5.41, 5.74) is 8.89. The highest BCUT2D eigenvalue weighted by atomic mass is 35.5. The molecule has 2 radical (unpaired) electrons. The van der Waals surface area contributed by atoms with Crippen molar-refractivity contribution in [2.75, 3.05) is 10.6 Å². The highest BCUT2D eigenvalue weighted by molar-refractivity contribution is 6.36. The van der Waals surface area contributed by atoms with Crippen LogP contribution in [0.2, 0.25) is 5.02 Å². The molecule has 42 heavy (non-hydrogen) atoms. The van der Waals surface area contributed by atoms with Crippen LogP contribution in [0.3, 0.4) is 0 Å². The predicted molar refractivity (Wildman–Crippen MR) is 166 cm³/mol. The van der Waals surface area contributed by atoms with Crippen LogP contribution in [0.4, 0.5) is 15.8 Å². The Hall–Kier alpha value is -4.33. The van der Waals surface area contributed by atoms with Crippen molar-refractivity contribution in [2.24, 2.45) is 0 Å². The fourth-order valence-corrected chi connectivity index (χ4v) is 5.13. The number of anilines is 2. The number of aromatic nitrogens is 2. The van der Waals surface area contributed by atoms with E-state index in [9.17, 15) is 9.65 Å². The van der Waals surface area contributed by atoms with E-state index in [1.165, 1.54) is 18.5 Å². The van der Waals surface area contributed by atoms with Gasteiger partial charge in [0.1, 0.15) is 13.9 Å². The molecule has 0 aliphatic carbocycles. The van der Waals surface area contributed by atoms with Crippen LogP contribution >= 0.6 is 11.6 Å². The van der Waals surface area contributed by atoms with Crippen LogP contribution < -0.4 is 21.6 Å². The molecule has 0 saturated heterocycles. The molecule has 0 amide bonds. The van der Waals surface area contributed by atoms with Crippen molar-refractivity contribution in [2.45, 2.75) is 51.1 Å². The van der Waals surface area contributed by atoms with Crippen LogP contribution in [-0.4, -0.2) is 28.4 Å². The Morgan fingerprint density at radius 1 is 1.12 bits per heavy atom. The summed E-state index contributed by atoms with van der Waals surface area (Å²) >= 11 is 6.79. The lowest BCUT2D eigenvalue weighted by Gasteiger charge is -2.34. The normalized spacial score (nSPS) is 15.4. The first-order valence-electron chi connectivity index (χ1n) is 13.6. The highest BCUT2D eigenvalue weighted by Crippen LogP contribution is 2.38. The van der Waals surface area contributed by atoms with Gasteiger partial charge in [-0.2, -0.15) is 9.65 Å². The number of rotatable bonds is 8. The van der Waals surface area contributed by atoms with Crippen molar-refractivity contribution in [1.29, 1.82) is 5.26 Å². The topological polar surface area (TPSA) is 101 Å². The molecule has 0 fully saturated rings. The van der Waals surface area contributed by atoms with E-state index in [-0.39, 0.29) is 11.6 Å². The molecule has 1 unspecified atom stereocenters. The third-order valence-electron chi connectivity index (χ3n) is 7.22. The highest BCUT2D eigenvalue weighted by Gasteiger charge is 2.36. The van der Waals surface area contributed by atoms with Gasteiger partial charge in [-0.25, -0.2) is 4.98 Å². The molecule has 5 rings (SSSR count). The molecule has 0 bridgehead atoms. The lowest BCUT2D eigenvalue weighted by Crippen LogP contribution is -2.49. The van der Waals surface area contributed by atoms with Crippen molar-refractivity contribution < 1.29 is 4.39 Å². The second-order valence-electron chi connectivity index (χ2n) is 11.2. The first-order chi connectivity index (χ1) is 20.0. The predicted octanol–water partition coefficient (Wildman–Crippen LogP) is 6.26. The van der Waals surface area contributed by atoms with E-state index in [0.29, 0.717) is 44.1 Å². The van der Waals surface area contributed by atoms with Crippen molar-refractivity contribution in [3.63, 3.8) is 0 Å². The van der Waals surface area contributed by atoms with Gasteiger partial charge in [0.2, 0.25) is 5.95 Å². The quantitative estimate of drug-likeness (QED) is 0.143. The van der Waals surface area contributed by atoms with Crippen molar-refractivity contribution in [3.05, 3.63) is 107 Å². The summed E-state index contributed by atoms with van der Waals surface area (Å²) in [5.74, 6) is -0.618. The number of fused-ring (bicyclic) bond motifs is 1. The molecule has 2 aromatic heterocycles. The van der Waals surface area contributed by atoms with Crippen molar-refractivity contribution in [3.8, 4) is 6.07 Å². The zero-order chi connectivity index (χ0) is 30.1. The van der Waals surface area contributed by atoms with E-state index in [4.69, 9.17) is 19.4 Å². The van der Waals surface area contributed by atoms with Crippen LogP contribution in [0, 0.1) is 17.3 Å². The minimum absolute atomic E-state index is 0.0551. The molecule has 0 spiro atoms. The minimum atomic E-state index is -1.38. The summed E-state index contributed by atoms with van der Waals surface area (Å²) in [5, 5.41) is 19.9. The lowest BCUT2D eigenvalue weighted by molar-refractivity contribution is 0.138. The SMILES string of the molecule is [B]C(Nc1cc(Cl)c2ncc(C#N)c(N[C@H](CC)c3ccccc3)c2c1)(C1=CN(C(C)(C)C)NN1)c1ccc(F)nc1. The molecular weight excluding hydrogens is 550 g/mol. The van der Waals surface area contributed by atoms with Crippen molar-refractivity contribution in [1.82, 2.24) is 25.9 Å². The van der Waals surface area contributed by atoms with Crippen LogP contribution in [0.1, 0.15) is 56.8 Å². The first-order valence-corrected chi connectivity index (χ1v) is 14.0. The molecule has 11 heteroatoms. The van der Waals surface area contributed by atoms with E-state index < -0.39 is 11.4 Å². The second-order valence-corrected chi connectivity index (χ2v) is 11.6. The Morgan fingerprint density at radius 2 is 1.88 bits per heavy atom. The second kappa shape index (κ2) is 11.5. The number of pyridine rings is 2. The van der Waals surface area contributed by atoms with Gasteiger partial charge in [-0.3, -0.25) is 9.99 Å². The molecule has 8 nitrogen and oxygen atoms in total. The van der Waals surface area contributed by atoms with Crippen LogP contribution in [0.5, 0.6) is 0 Å². The summed E-state index contributed by atoms with van der Waals surface area (Å²) in [6.07, 6.45) is 5.55. The number of nitrogens with one attached hydrogen (secondary N) is 4. The third-order valence-corrected chi connectivity index (χ3v) is 7.50. The van der Waals surface area contributed by atoms with E-state index in [2.05, 4.69) is 44.6 Å². The first kappa shape index (κ1) is 29.2. The number of hydrogen-bond donors (Lipinski definition) is 4. The molecule has 3 heterocycles. The molecule has 4 N–H and O–H groups in total. The Labute approximate surface area is 251 Å². The third kappa shape index (κ3) is 5.71. The van der Waals surface area contributed by atoms with E-state index >= 15 is 0 Å². The van der Waals surface area contributed by atoms with Crippen LogP contribution in [0.25, 0.3) is 10.9 Å². The maximum atomic E-state index is 13.8. The molecule has 4 aromatic rings. The van der Waals surface area contributed by atoms with Crippen LogP contribution in [0.15, 0.2) is 78.9 Å². The molecule has 212 valence electrons. The average Bonchev–Trinajstić information content (AvgIpc) is 3.49. The molecule has 2 atom stereocenters. The molecule has 1 aliphatic rings. The van der Waals surface area contributed by atoms with Gasteiger partial charge in [-0.05, 0) is 56.5 Å². The zero-order valence-corrected chi connectivity index (χ0v) is 24.6. The van der Waals surface area contributed by atoms with Gasteiger partial charge in [-0.15, -0.1) is 5.53 Å². The Kier molecular flexibility index (Phi) is 8.00. The number of benzene rings is 2. The Bertz CT molecular complexity index is 1670. The van der Waals surface area contributed by atoms with E-state index in [0.717, 1.165) is 12.0 Å². The lowest BCUT2D eigenvalue weighted by atomic mass is 9.70. The Balaban J connectivity index is 1.62. The van der Waals surface area contributed by atoms with Gasteiger partial charge in [0.15, 0.2) is 0 Å². The fourth-order valence-electron chi connectivity index (χ4n) is 4.86. The average molecular weight is 581 g/mol. The van der Waals surface area contributed by atoms with Gasteiger partial charge in [0.05, 0.1) is 39.0 Å². The Morgan fingerprint density at radius 3 is 2.50 bits per heavy atom. The smallest absolute Gasteiger partial charge is 0.212 e. The number of hydrazine groups is 2. The van der Waals surface area contributed by atoms with Gasteiger partial charge >= 0.3 is 0 Å². The molecule has 0 saturated carbocycles. The fraction of sp³-hybridized carbons (Fsp3) is 0.258. The van der Waals surface area contributed by atoms with Gasteiger partial charge in [0, 0.05) is 35.2 Å². The van der Waals surface area contributed by atoms with E-state index in [1.54, 1.807) is 12.1 Å². The number of nitriles is 1. The molecular formula is C31H31BClFN8. The molecule has 2 aromatic carbocycles. The van der Waals surface area contributed by atoms with Gasteiger partial charge in [-0.1, -0.05) is 54.9 Å². The summed E-state index contributed by atoms with van der Waals surface area (Å²) in [7, 11) is 7.08. The monoisotopic (exact) mass is 580 g/mol. The summed E-state index contributed by atoms with van der Waals surface area (Å²) in [4.78, 5) is 8.34. The van der Waals surface area contributed by atoms with Crippen molar-refractivity contribution >= 4 is 41.7 Å². The van der Waals surface area contributed by atoms with Gasteiger partial charge < -0.3 is 16.1 Å². The largest absolute Gasteiger partial charge is 0.378 e. The van der Waals surface area contributed by atoms with E-state index in [1.807, 2.05) is 68.4 Å². The summed E-state index contributed by atoms with van der Waals surface area (Å²) < 4.78 is 13.8. The standard InChI is InChI=1S/C31H31BClFN8/c1-5-25(19-9-7-6-8-10-19)38-28-20(15-35)16-37-29-23(28)13-22(14-24(29)33)39-31(32,21-11-12-27(34)36-17-21)26-18-42(41-40-26)30(2,3)4/h6-14,16-18,25,39-41H,5H2,1-4H3,(H,37,38)/t25-,31?/m1/s1. The zero-order valence-electron chi connectivity index (χ0n) is 23.8. The summed E-state index contributed by atoms with van der Waals surface area (Å²) in [6, 6.07) is 18.7. The number of halogens is 2. The number of nitrogens with zero attached hydrogens (tertiary/aromatic N) is 4. The van der Waals surface area contributed by atoms with Crippen LogP contribution in [-0.2, 0) is 5.44 Å². The maximum Gasteiger partial charge on any atom is 0.212 e. The molecule has 1 aliphatic heterocycles. The number of hydrogen-bond acceptors (Lipinski definition) is 8. The summed E-state index contributed by atoms with van der Waals surface area (Å²) in [6.45, 7) is 8.21.